The Balaban J connectivity index is 2.02. The normalized spacial score (nSPS) is 15.9. The average Bonchev–Trinajstić information content (AvgIpc) is 2.65. The topological polar surface area (TPSA) is 81.1 Å². The Morgan fingerprint density at radius 2 is 1.75 bits per heavy atom. The van der Waals surface area contributed by atoms with Crippen LogP contribution in [-0.2, 0) is 0 Å². The summed E-state index contributed by atoms with van der Waals surface area (Å²) in [5.41, 5.74) is 0.766. The number of hydrogen-bond acceptors (Lipinski definition) is 5. The summed E-state index contributed by atoms with van der Waals surface area (Å²) in [6.45, 7) is 0.672. The summed E-state index contributed by atoms with van der Waals surface area (Å²) in [7, 11) is 1.75. The van der Waals surface area contributed by atoms with Gasteiger partial charge in [0.1, 0.15) is 0 Å². The molecule has 0 saturated carbocycles. The molecule has 1 aliphatic heterocycles. The zero-order valence-electron chi connectivity index (χ0n) is 11.3. The molecule has 1 aliphatic rings. The molecule has 0 saturated heterocycles. The Kier molecular flexibility index (Phi) is 4.49. The first-order valence-corrected chi connectivity index (χ1v) is 6.47. The van der Waals surface area contributed by atoms with E-state index in [0.29, 0.717) is 17.7 Å². The Hall–Kier alpha value is -1.76. The Labute approximate surface area is 117 Å². The first-order valence-electron chi connectivity index (χ1n) is 6.47. The second-order valence-corrected chi connectivity index (χ2v) is 4.91. The molecule has 0 aromatic heterocycles. The Morgan fingerprint density at radius 1 is 1.20 bits per heavy atom. The van der Waals surface area contributed by atoms with E-state index in [-0.39, 0.29) is 31.5 Å². The highest BCUT2D eigenvalue weighted by Crippen LogP contribution is 2.22. The molecule has 0 fully saturated rings. The third-order valence-corrected chi connectivity index (χ3v) is 3.28. The van der Waals surface area contributed by atoms with Crippen LogP contribution in [0.2, 0.25) is 0 Å². The maximum absolute atomic E-state index is 12.1. The quantitative estimate of drug-likeness (QED) is 0.690. The molecule has 1 unspecified atom stereocenters. The number of benzene rings is 1. The molecule has 2 rings (SSSR count). The lowest BCUT2D eigenvalue weighted by Gasteiger charge is -2.23. The van der Waals surface area contributed by atoms with Gasteiger partial charge in [-0.05, 0) is 19.2 Å². The molecule has 2 N–H and O–H groups in total. The second-order valence-electron chi connectivity index (χ2n) is 4.91. The van der Waals surface area contributed by atoms with E-state index in [1.807, 2.05) is 0 Å². The molecule has 1 aromatic carbocycles. The van der Waals surface area contributed by atoms with Crippen LogP contribution >= 0.6 is 0 Å². The summed E-state index contributed by atoms with van der Waals surface area (Å²) < 4.78 is 0. The predicted octanol–water partition coefficient (Wildman–Crippen LogP) is -0.432. The fraction of sp³-hybridized carbons (Fsp3) is 0.429. The van der Waals surface area contributed by atoms with Crippen molar-refractivity contribution in [2.24, 2.45) is 0 Å². The highest BCUT2D eigenvalue weighted by atomic mass is 16.3. The van der Waals surface area contributed by atoms with Crippen LogP contribution in [0.5, 0.6) is 0 Å². The average molecular weight is 278 g/mol. The number of amides is 2. The number of carbonyl (C=O) groups is 2. The maximum atomic E-state index is 12.1. The molecular weight excluding hydrogens is 260 g/mol. The van der Waals surface area contributed by atoms with Gasteiger partial charge in [0.25, 0.3) is 11.8 Å². The van der Waals surface area contributed by atoms with Gasteiger partial charge in [0, 0.05) is 13.1 Å². The number of aliphatic hydroxyl groups excluding tert-OH is 2. The summed E-state index contributed by atoms with van der Waals surface area (Å²) in [6, 6.07) is 6.64. The van der Waals surface area contributed by atoms with Crippen molar-refractivity contribution in [2.45, 2.75) is 6.10 Å². The molecule has 0 bridgehead atoms. The molecule has 1 aromatic rings. The van der Waals surface area contributed by atoms with Crippen molar-refractivity contribution < 1.29 is 19.8 Å². The summed E-state index contributed by atoms with van der Waals surface area (Å²) in [5.74, 6) is -0.732. The van der Waals surface area contributed by atoms with Gasteiger partial charge >= 0.3 is 0 Å². The van der Waals surface area contributed by atoms with E-state index >= 15 is 0 Å². The SMILES string of the molecule is CN(CCO)CC(O)CN1C(=O)c2ccccc2C1=O. The van der Waals surface area contributed by atoms with Crippen molar-refractivity contribution >= 4 is 11.8 Å². The number of imide groups is 1. The van der Waals surface area contributed by atoms with Crippen molar-refractivity contribution in [3.63, 3.8) is 0 Å². The number of nitrogens with zero attached hydrogens (tertiary/aromatic N) is 2. The minimum atomic E-state index is -0.839. The molecule has 0 radical (unpaired) electrons. The zero-order valence-corrected chi connectivity index (χ0v) is 11.3. The molecule has 108 valence electrons. The van der Waals surface area contributed by atoms with Crippen molar-refractivity contribution in [2.75, 3.05) is 33.3 Å². The van der Waals surface area contributed by atoms with Gasteiger partial charge in [-0.2, -0.15) is 0 Å². The predicted molar refractivity (Wildman–Crippen MR) is 72.4 cm³/mol. The molecule has 6 heteroatoms. The third kappa shape index (κ3) is 2.87. The molecular formula is C14H18N2O4. The first kappa shape index (κ1) is 14.6. The Morgan fingerprint density at radius 3 is 2.25 bits per heavy atom. The largest absolute Gasteiger partial charge is 0.395 e. The van der Waals surface area contributed by atoms with Crippen LogP contribution in [-0.4, -0.2) is 71.2 Å². The van der Waals surface area contributed by atoms with Gasteiger partial charge < -0.3 is 15.1 Å². The van der Waals surface area contributed by atoms with Crippen LogP contribution < -0.4 is 0 Å². The van der Waals surface area contributed by atoms with E-state index in [2.05, 4.69) is 0 Å². The van der Waals surface area contributed by atoms with E-state index in [1.54, 1.807) is 36.2 Å². The zero-order chi connectivity index (χ0) is 14.7. The van der Waals surface area contributed by atoms with Crippen LogP contribution in [0, 0.1) is 0 Å². The number of likely N-dealkylation sites (N-methyl/N-ethyl adjacent to an activating group) is 1. The van der Waals surface area contributed by atoms with Crippen LogP contribution in [0.4, 0.5) is 0 Å². The van der Waals surface area contributed by atoms with Crippen LogP contribution in [0.15, 0.2) is 24.3 Å². The van der Waals surface area contributed by atoms with E-state index in [4.69, 9.17) is 5.11 Å². The van der Waals surface area contributed by atoms with Gasteiger partial charge in [-0.1, -0.05) is 12.1 Å². The molecule has 20 heavy (non-hydrogen) atoms. The number of β-amino-alcohol motifs (C(OH)–C–C–N with tert-alkyl or cyclic N) is 1. The summed E-state index contributed by atoms with van der Waals surface area (Å²) >= 11 is 0. The van der Waals surface area contributed by atoms with Gasteiger partial charge in [-0.25, -0.2) is 0 Å². The van der Waals surface area contributed by atoms with E-state index in [9.17, 15) is 14.7 Å². The minimum Gasteiger partial charge on any atom is -0.395 e. The van der Waals surface area contributed by atoms with E-state index in [0.717, 1.165) is 4.90 Å². The van der Waals surface area contributed by atoms with Crippen molar-refractivity contribution in [3.8, 4) is 0 Å². The number of fused-ring (bicyclic) bond motifs is 1. The fourth-order valence-electron chi connectivity index (χ4n) is 2.30. The molecule has 0 spiro atoms. The lowest BCUT2D eigenvalue weighted by molar-refractivity contribution is 0.0481. The molecule has 0 aliphatic carbocycles. The van der Waals surface area contributed by atoms with E-state index < -0.39 is 6.10 Å². The third-order valence-electron chi connectivity index (χ3n) is 3.28. The standard InChI is InChI=1S/C14H18N2O4/c1-15(6-7-17)8-10(18)9-16-13(19)11-4-2-3-5-12(11)14(16)20/h2-5,10,17-18H,6-9H2,1H3. The second kappa shape index (κ2) is 6.13. The van der Waals surface area contributed by atoms with Crippen LogP contribution in [0.3, 0.4) is 0 Å². The number of hydrogen-bond donors (Lipinski definition) is 2. The summed E-state index contributed by atoms with van der Waals surface area (Å²) in [4.78, 5) is 27.0. The van der Waals surface area contributed by atoms with Crippen molar-refractivity contribution in [1.29, 1.82) is 0 Å². The number of rotatable bonds is 6. The molecule has 1 heterocycles. The smallest absolute Gasteiger partial charge is 0.261 e. The van der Waals surface area contributed by atoms with Crippen LogP contribution in [0.1, 0.15) is 20.7 Å². The van der Waals surface area contributed by atoms with Gasteiger partial charge in [0.2, 0.25) is 0 Å². The van der Waals surface area contributed by atoms with Gasteiger partial charge in [-0.3, -0.25) is 14.5 Å². The molecule has 2 amide bonds. The van der Waals surface area contributed by atoms with Gasteiger partial charge in [-0.15, -0.1) is 0 Å². The monoisotopic (exact) mass is 278 g/mol. The van der Waals surface area contributed by atoms with Gasteiger partial charge in [0.15, 0.2) is 0 Å². The first-order chi connectivity index (χ1) is 9.54. The van der Waals surface area contributed by atoms with E-state index in [1.165, 1.54) is 0 Å². The van der Waals surface area contributed by atoms with Crippen molar-refractivity contribution in [3.05, 3.63) is 35.4 Å². The minimum absolute atomic E-state index is 0.00373. The fourth-order valence-corrected chi connectivity index (χ4v) is 2.30. The molecule has 6 nitrogen and oxygen atoms in total. The highest BCUT2D eigenvalue weighted by molar-refractivity contribution is 6.21. The summed E-state index contributed by atoms with van der Waals surface area (Å²) in [5, 5.41) is 18.7. The number of carbonyl (C=O) groups excluding carboxylic acids is 2. The maximum Gasteiger partial charge on any atom is 0.261 e. The van der Waals surface area contributed by atoms with Gasteiger partial charge in [0.05, 0.1) is 30.4 Å². The highest BCUT2D eigenvalue weighted by Gasteiger charge is 2.36. The van der Waals surface area contributed by atoms with Crippen LogP contribution in [0.25, 0.3) is 0 Å². The lowest BCUT2D eigenvalue weighted by atomic mass is 10.1. The lowest BCUT2D eigenvalue weighted by Crippen LogP contribution is -2.42. The Bertz CT molecular complexity index is 483. The summed E-state index contributed by atoms with van der Waals surface area (Å²) in [6.07, 6.45) is -0.839. The van der Waals surface area contributed by atoms with Crippen molar-refractivity contribution in [1.82, 2.24) is 9.80 Å². The number of aliphatic hydroxyl groups is 2. The molecule has 1 atom stereocenters.